The zero-order chi connectivity index (χ0) is 16.6. The highest BCUT2D eigenvalue weighted by Crippen LogP contribution is 2.45. The van der Waals surface area contributed by atoms with E-state index in [9.17, 15) is 4.39 Å². The van der Waals surface area contributed by atoms with E-state index in [0.717, 1.165) is 30.9 Å². The van der Waals surface area contributed by atoms with Gasteiger partial charge in [0.1, 0.15) is 5.82 Å². The Labute approximate surface area is 141 Å². The predicted molar refractivity (Wildman–Crippen MR) is 94.9 cm³/mol. The lowest BCUT2D eigenvalue weighted by molar-refractivity contribution is 0.491. The molecule has 0 saturated carbocycles. The first-order chi connectivity index (χ1) is 10.9. The van der Waals surface area contributed by atoms with Crippen LogP contribution >= 0.6 is 11.3 Å². The monoisotopic (exact) mass is 333 g/mol. The number of aryl methyl sites for hydroxylation is 1. The van der Waals surface area contributed by atoms with Gasteiger partial charge in [-0.05, 0) is 49.3 Å². The predicted octanol–water partition coefficient (Wildman–Crippen LogP) is 4.04. The van der Waals surface area contributed by atoms with E-state index in [-0.39, 0.29) is 17.3 Å². The number of hydrogen-bond donors (Lipinski definition) is 1. The maximum atomic E-state index is 14.2. The second kappa shape index (κ2) is 6.21. The largest absolute Gasteiger partial charge is 0.362 e. The Morgan fingerprint density at radius 3 is 2.91 bits per heavy atom. The molecular weight excluding hydrogens is 309 g/mol. The molecule has 2 aromatic rings. The lowest BCUT2D eigenvalue weighted by atomic mass is 9.91. The van der Waals surface area contributed by atoms with Crippen LogP contribution in [-0.2, 0) is 5.41 Å². The summed E-state index contributed by atoms with van der Waals surface area (Å²) in [5, 5.41) is 7.54. The number of nitrogens with zero attached hydrogens (tertiary/aromatic N) is 2. The third-order valence-corrected chi connectivity index (χ3v) is 5.32. The minimum atomic E-state index is -0.218. The van der Waals surface area contributed by atoms with Crippen molar-refractivity contribution < 1.29 is 4.39 Å². The Morgan fingerprint density at radius 2 is 2.26 bits per heavy atom. The topological polar surface area (TPSA) is 28.2 Å². The molecule has 1 unspecified atom stereocenters. The summed E-state index contributed by atoms with van der Waals surface area (Å²) < 4.78 is 14.2. The highest BCUT2D eigenvalue weighted by molar-refractivity contribution is 7.08. The van der Waals surface area contributed by atoms with E-state index in [1.807, 2.05) is 7.05 Å². The van der Waals surface area contributed by atoms with Gasteiger partial charge in [0, 0.05) is 18.0 Å². The second-order valence-corrected chi connectivity index (χ2v) is 7.68. The quantitative estimate of drug-likeness (QED) is 0.895. The molecule has 0 radical (unpaired) electrons. The van der Waals surface area contributed by atoms with Crippen molar-refractivity contribution in [3.8, 4) is 0 Å². The average molecular weight is 333 g/mol. The Hall–Kier alpha value is -1.46. The molecule has 2 aromatic heterocycles. The van der Waals surface area contributed by atoms with Crippen molar-refractivity contribution >= 4 is 17.0 Å². The fourth-order valence-electron chi connectivity index (χ4n) is 3.40. The van der Waals surface area contributed by atoms with Crippen molar-refractivity contribution in [1.29, 1.82) is 0 Å². The molecule has 124 valence electrons. The fourth-order valence-corrected chi connectivity index (χ4v) is 4.11. The molecule has 1 N–H and O–H groups in total. The van der Waals surface area contributed by atoms with Crippen LogP contribution in [0, 0.1) is 12.7 Å². The summed E-state index contributed by atoms with van der Waals surface area (Å²) >= 11 is 1.71. The number of pyridine rings is 1. The highest BCUT2D eigenvalue weighted by atomic mass is 32.1. The van der Waals surface area contributed by atoms with E-state index >= 15 is 0 Å². The van der Waals surface area contributed by atoms with Crippen LogP contribution < -0.4 is 10.2 Å². The molecule has 1 aliphatic heterocycles. The third-order valence-electron chi connectivity index (χ3n) is 4.62. The first-order valence-corrected chi connectivity index (χ1v) is 8.99. The molecule has 1 atom stereocenters. The molecule has 3 rings (SSSR count). The summed E-state index contributed by atoms with van der Waals surface area (Å²) in [6.45, 7) is 7.92. The van der Waals surface area contributed by atoms with Gasteiger partial charge in [-0.25, -0.2) is 4.39 Å². The van der Waals surface area contributed by atoms with E-state index < -0.39 is 0 Å². The summed E-state index contributed by atoms with van der Waals surface area (Å²) in [7, 11) is 1.97. The van der Waals surface area contributed by atoms with Crippen LogP contribution in [0.1, 0.15) is 43.3 Å². The fraction of sp³-hybridized carbons (Fsp3) is 0.500. The molecule has 5 heteroatoms. The van der Waals surface area contributed by atoms with Gasteiger partial charge in [0.25, 0.3) is 0 Å². The summed E-state index contributed by atoms with van der Waals surface area (Å²) in [6, 6.07) is 4.09. The Morgan fingerprint density at radius 1 is 1.48 bits per heavy atom. The van der Waals surface area contributed by atoms with E-state index in [1.54, 1.807) is 24.3 Å². The molecule has 0 amide bonds. The molecule has 1 aliphatic rings. The normalized spacial score (nSPS) is 17.3. The minimum Gasteiger partial charge on any atom is -0.362 e. The number of nitrogens with one attached hydrogen (secondary N) is 1. The lowest BCUT2D eigenvalue weighted by Gasteiger charge is -2.31. The van der Waals surface area contributed by atoms with Crippen LogP contribution in [0.5, 0.6) is 0 Å². The zero-order valence-electron chi connectivity index (χ0n) is 14.2. The molecule has 0 aliphatic carbocycles. The van der Waals surface area contributed by atoms with Gasteiger partial charge in [-0.15, -0.1) is 0 Å². The summed E-state index contributed by atoms with van der Waals surface area (Å²) in [4.78, 5) is 6.91. The number of thiophene rings is 1. The van der Waals surface area contributed by atoms with E-state index in [0.29, 0.717) is 5.69 Å². The van der Waals surface area contributed by atoms with Gasteiger partial charge in [0.2, 0.25) is 0 Å². The summed E-state index contributed by atoms with van der Waals surface area (Å²) in [5.41, 5.74) is 3.68. The first-order valence-electron chi connectivity index (χ1n) is 8.05. The smallest absolute Gasteiger partial charge is 0.146 e. The number of fused-ring (bicyclic) bond motifs is 1. The maximum absolute atomic E-state index is 14.2. The van der Waals surface area contributed by atoms with Gasteiger partial charge in [-0.3, -0.25) is 4.98 Å². The highest BCUT2D eigenvalue weighted by Gasteiger charge is 2.40. The van der Waals surface area contributed by atoms with Gasteiger partial charge in [-0.2, -0.15) is 11.3 Å². The molecule has 3 heterocycles. The van der Waals surface area contributed by atoms with Crippen molar-refractivity contribution in [1.82, 2.24) is 10.3 Å². The van der Waals surface area contributed by atoms with Crippen molar-refractivity contribution in [3.05, 3.63) is 45.7 Å². The Balaban J connectivity index is 2.04. The van der Waals surface area contributed by atoms with Gasteiger partial charge in [0.05, 0.1) is 23.1 Å². The minimum absolute atomic E-state index is 0.0678. The standard InChI is InChI=1S/C18H24FN3S/c1-12-14(19)9-16-17(21-12)18(2,3)11-22(16)15(5-7-20-4)13-6-8-23-10-13/h6,8-10,15,20H,5,7,11H2,1-4H3. The Bertz CT molecular complexity index is 682. The number of rotatable bonds is 5. The maximum Gasteiger partial charge on any atom is 0.146 e. The summed E-state index contributed by atoms with van der Waals surface area (Å²) in [5.74, 6) is -0.218. The number of aromatic nitrogens is 1. The molecule has 0 spiro atoms. The second-order valence-electron chi connectivity index (χ2n) is 6.90. The molecule has 0 saturated heterocycles. The third kappa shape index (κ3) is 3.00. The number of halogens is 1. The van der Waals surface area contributed by atoms with Crippen molar-refractivity contribution in [2.24, 2.45) is 0 Å². The van der Waals surface area contributed by atoms with Gasteiger partial charge in [0.15, 0.2) is 0 Å². The lowest BCUT2D eigenvalue weighted by Crippen LogP contribution is -2.33. The zero-order valence-corrected chi connectivity index (χ0v) is 15.0. The SMILES string of the molecule is CNCCC(c1ccsc1)N1CC(C)(C)c2nc(C)c(F)cc21. The van der Waals surface area contributed by atoms with Gasteiger partial charge >= 0.3 is 0 Å². The van der Waals surface area contributed by atoms with Gasteiger partial charge in [-0.1, -0.05) is 13.8 Å². The van der Waals surface area contributed by atoms with E-state index in [2.05, 4.69) is 45.9 Å². The van der Waals surface area contributed by atoms with Crippen molar-refractivity contribution in [2.75, 3.05) is 25.0 Å². The van der Waals surface area contributed by atoms with Crippen LogP contribution in [0.4, 0.5) is 10.1 Å². The molecular formula is C18H24FN3S. The number of hydrogen-bond acceptors (Lipinski definition) is 4. The van der Waals surface area contributed by atoms with Crippen LogP contribution in [0.15, 0.2) is 22.9 Å². The van der Waals surface area contributed by atoms with Gasteiger partial charge < -0.3 is 10.2 Å². The van der Waals surface area contributed by atoms with Crippen LogP contribution in [0.3, 0.4) is 0 Å². The van der Waals surface area contributed by atoms with Crippen LogP contribution in [-0.4, -0.2) is 25.1 Å². The molecule has 0 bridgehead atoms. The van der Waals surface area contributed by atoms with Crippen molar-refractivity contribution in [2.45, 2.75) is 38.6 Å². The molecule has 3 nitrogen and oxygen atoms in total. The summed E-state index contributed by atoms with van der Waals surface area (Å²) in [6.07, 6.45) is 0.984. The molecule has 0 aromatic carbocycles. The van der Waals surface area contributed by atoms with Crippen LogP contribution in [0.2, 0.25) is 0 Å². The number of anilines is 1. The van der Waals surface area contributed by atoms with Crippen LogP contribution in [0.25, 0.3) is 0 Å². The van der Waals surface area contributed by atoms with Crippen molar-refractivity contribution in [3.63, 3.8) is 0 Å². The van der Waals surface area contributed by atoms with E-state index in [4.69, 9.17) is 0 Å². The average Bonchev–Trinajstić information content (AvgIpc) is 3.10. The molecule has 0 fully saturated rings. The molecule has 23 heavy (non-hydrogen) atoms. The van der Waals surface area contributed by atoms with E-state index in [1.165, 1.54) is 5.56 Å². The Kier molecular flexibility index (Phi) is 4.43. The first kappa shape index (κ1) is 16.4.